The molecule has 15 heavy (non-hydrogen) atoms. The van der Waals surface area contributed by atoms with E-state index in [1.165, 1.54) is 0 Å². The summed E-state index contributed by atoms with van der Waals surface area (Å²) in [6.07, 6.45) is -3.57. The summed E-state index contributed by atoms with van der Waals surface area (Å²) in [5.41, 5.74) is 0. The van der Waals surface area contributed by atoms with E-state index in [-0.39, 0.29) is 6.61 Å². The van der Waals surface area contributed by atoms with E-state index in [1.807, 2.05) is 17.5 Å². The summed E-state index contributed by atoms with van der Waals surface area (Å²) in [6, 6.07) is 3.84. The van der Waals surface area contributed by atoms with Crippen LogP contribution in [0, 0.1) is 0 Å². The zero-order valence-electron chi connectivity index (χ0n) is 7.76. The molecule has 0 bridgehead atoms. The molecule has 0 N–H and O–H groups in total. The third-order valence-corrected chi connectivity index (χ3v) is 3.41. The summed E-state index contributed by atoms with van der Waals surface area (Å²) in [6.45, 7) is -0.0203. The van der Waals surface area contributed by atoms with Gasteiger partial charge in [-0.1, -0.05) is 22.0 Å². The van der Waals surface area contributed by atoms with Crippen molar-refractivity contribution in [2.75, 3.05) is 13.2 Å². The number of alkyl halides is 4. The van der Waals surface area contributed by atoms with Crippen LogP contribution in [0.3, 0.4) is 0 Å². The van der Waals surface area contributed by atoms with Gasteiger partial charge in [-0.2, -0.15) is 13.2 Å². The minimum absolute atomic E-state index is 0.318. The number of thiophene rings is 1. The van der Waals surface area contributed by atoms with Crippen LogP contribution in [-0.4, -0.2) is 24.2 Å². The molecular weight excluding hydrogens is 293 g/mol. The van der Waals surface area contributed by atoms with Crippen LogP contribution in [0.25, 0.3) is 0 Å². The third kappa shape index (κ3) is 4.99. The van der Waals surface area contributed by atoms with E-state index in [1.54, 1.807) is 11.3 Å². The molecule has 0 fully saturated rings. The second-order valence-corrected chi connectivity index (χ2v) is 5.05. The Morgan fingerprint density at radius 1 is 1.47 bits per heavy atom. The van der Waals surface area contributed by atoms with Gasteiger partial charge < -0.3 is 4.74 Å². The SMILES string of the molecule is FC(F)(F)C(Br)COCCc1cccs1. The van der Waals surface area contributed by atoms with E-state index in [9.17, 15) is 13.2 Å². The molecule has 0 aliphatic rings. The molecule has 1 nitrogen and oxygen atoms in total. The zero-order valence-corrected chi connectivity index (χ0v) is 10.2. The molecule has 1 atom stereocenters. The highest BCUT2D eigenvalue weighted by atomic mass is 79.9. The fraction of sp³-hybridized carbons (Fsp3) is 0.556. The second-order valence-electron chi connectivity index (χ2n) is 2.91. The third-order valence-electron chi connectivity index (χ3n) is 1.69. The highest BCUT2D eigenvalue weighted by Gasteiger charge is 2.37. The monoisotopic (exact) mass is 302 g/mol. The molecular formula is C9H10BrF3OS. The van der Waals surface area contributed by atoms with Crippen LogP contribution in [0.4, 0.5) is 13.2 Å². The Labute approximate surface area is 98.4 Å². The van der Waals surface area contributed by atoms with E-state index in [2.05, 4.69) is 15.9 Å². The largest absolute Gasteiger partial charge is 0.403 e. The van der Waals surface area contributed by atoms with Gasteiger partial charge in [0.15, 0.2) is 0 Å². The van der Waals surface area contributed by atoms with Crippen LogP contribution >= 0.6 is 27.3 Å². The standard InChI is InChI=1S/C9H10BrF3OS/c10-8(9(11,12)13)6-14-4-3-7-2-1-5-15-7/h1-2,5,8H,3-4,6H2. The van der Waals surface area contributed by atoms with Gasteiger partial charge in [0, 0.05) is 11.3 Å². The smallest absolute Gasteiger partial charge is 0.380 e. The average Bonchev–Trinajstić information content (AvgIpc) is 2.63. The van der Waals surface area contributed by atoms with Crippen molar-refractivity contribution in [3.63, 3.8) is 0 Å². The first-order valence-electron chi connectivity index (χ1n) is 4.31. The minimum Gasteiger partial charge on any atom is -0.380 e. The summed E-state index contributed by atoms with van der Waals surface area (Å²) < 4.78 is 41.0. The summed E-state index contributed by atoms with van der Waals surface area (Å²) in [7, 11) is 0. The lowest BCUT2D eigenvalue weighted by Crippen LogP contribution is -2.27. The van der Waals surface area contributed by atoms with E-state index in [0.717, 1.165) is 4.88 Å². The van der Waals surface area contributed by atoms with Gasteiger partial charge >= 0.3 is 6.18 Å². The minimum atomic E-state index is -4.23. The number of hydrogen-bond acceptors (Lipinski definition) is 2. The van der Waals surface area contributed by atoms with Crippen LogP contribution in [0.1, 0.15) is 4.88 Å². The van der Waals surface area contributed by atoms with Crippen molar-refractivity contribution in [3.05, 3.63) is 22.4 Å². The fourth-order valence-corrected chi connectivity index (χ4v) is 1.79. The van der Waals surface area contributed by atoms with Crippen molar-refractivity contribution in [2.45, 2.75) is 17.4 Å². The molecule has 0 saturated heterocycles. The van der Waals surface area contributed by atoms with Crippen LogP contribution in [-0.2, 0) is 11.2 Å². The molecule has 0 radical (unpaired) electrons. The van der Waals surface area contributed by atoms with Crippen LogP contribution in [0.2, 0.25) is 0 Å². The molecule has 1 heterocycles. The maximum Gasteiger partial charge on any atom is 0.403 e. The quantitative estimate of drug-likeness (QED) is 0.596. The van der Waals surface area contributed by atoms with Crippen LogP contribution in [0.5, 0.6) is 0 Å². The van der Waals surface area contributed by atoms with Crippen molar-refractivity contribution in [2.24, 2.45) is 0 Å². The number of rotatable bonds is 5. The molecule has 0 spiro atoms. The van der Waals surface area contributed by atoms with Gasteiger partial charge in [-0.15, -0.1) is 11.3 Å². The van der Waals surface area contributed by atoms with Gasteiger partial charge in [0.05, 0.1) is 13.2 Å². The maximum atomic E-state index is 12.0. The molecule has 1 rings (SSSR count). The highest BCUT2D eigenvalue weighted by molar-refractivity contribution is 9.09. The Balaban J connectivity index is 2.12. The summed E-state index contributed by atoms with van der Waals surface area (Å²) in [5.74, 6) is 0. The van der Waals surface area contributed by atoms with Crippen molar-refractivity contribution in [1.29, 1.82) is 0 Å². The fourth-order valence-electron chi connectivity index (χ4n) is 0.909. The molecule has 0 aromatic carbocycles. The summed E-state index contributed by atoms with van der Waals surface area (Å²) in [5, 5.41) is 1.93. The summed E-state index contributed by atoms with van der Waals surface area (Å²) >= 11 is 4.10. The highest BCUT2D eigenvalue weighted by Crippen LogP contribution is 2.26. The van der Waals surface area contributed by atoms with Gasteiger partial charge in [-0.05, 0) is 11.4 Å². The molecule has 6 heteroatoms. The Morgan fingerprint density at radius 3 is 2.73 bits per heavy atom. The number of hydrogen-bond donors (Lipinski definition) is 0. The molecule has 0 amide bonds. The van der Waals surface area contributed by atoms with Crippen LogP contribution in [0.15, 0.2) is 17.5 Å². The summed E-state index contributed by atoms with van der Waals surface area (Å²) in [4.78, 5) is -0.457. The van der Waals surface area contributed by atoms with Crippen molar-refractivity contribution in [3.8, 4) is 0 Å². The molecule has 0 saturated carbocycles. The number of ether oxygens (including phenoxy) is 1. The van der Waals surface area contributed by atoms with Gasteiger partial charge in [-0.25, -0.2) is 0 Å². The Kier molecular flexibility index (Phi) is 5.08. The Hall–Kier alpha value is -0.0700. The molecule has 1 unspecified atom stereocenters. The predicted octanol–water partition coefficient (Wildman–Crippen LogP) is 3.63. The molecule has 1 aromatic heterocycles. The predicted molar refractivity (Wildman–Crippen MR) is 57.6 cm³/mol. The Bertz CT molecular complexity index is 273. The normalized spacial score (nSPS) is 14.1. The molecule has 86 valence electrons. The first kappa shape index (κ1) is 13.0. The average molecular weight is 303 g/mol. The molecule has 0 aliphatic carbocycles. The lowest BCUT2D eigenvalue weighted by molar-refractivity contribution is -0.137. The zero-order chi connectivity index (χ0) is 11.3. The Morgan fingerprint density at radius 2 is 2.20 bits per heavy atom. The van der Waals surface area contributed by atoms with E-state index >= 15 is 0 Å². The van der Waals surface area contributed by atoms with Crippen LogP contribution < -0.4 is 0 Å². The van der Waals surface area contributed by atoms with Gasteiger partial charge in [0.1, 0.15) is 4.83 Å². The van der Waals surface area contributed by atoms with Gasteiger partial charge in [0.2, 0.25) is 0 Å². The number of halogens is 4. The lowest BCUT2D eigenvalue weighted by Gasteiger charge is -2.13. The maximum absolute atomic E-state index is 12.0. The molecule has 0 aliphatic heterocycles. The van der Waals surface area contributed by atoms with E-state index < -0.39 is 11.0 Å². The van der Waals surface area contributed by atoms with Crippen molar-refractivity contribution < 1.29 is 17.9 Å². The van der Waals surface area contributed by atoms with E-state index in [4.69, 9.17) is 4.74 Å². The van der Waals surface area contributed by atoms with Gasteiger partial charge in [-0.3, -0.25) is 0 Å². The lowest BCUT2D eigenvalue weighted by atomic mass is 10.3. The first-order chi connectivity index (χ1) is 7.00. The second kappa shape index (κ2) is 5.86. The molecule has 1 aromatic rings. The van der Waals surface area contributed by atoms with Gasteiger partial charge in [0.25, 0.3) is 0 Å². The van der Waals surface area contributed by atoms with Crippen molar-refractivity contribution in [1.82, 2.24) is 0 Å². The van der Waals surface area contributed by atoms with Crippen molar-refractivity contribution >= 4 is 27.3 Å². The topological polar surface area (TPSA) is 9.23 Å². The first-order valence-corrected chi connectivity index (χ1v) is 6.10. The van der Waals surface area contributed by atoms with E-state index in [0.29, 0.717) is 13.0 Å².